The first-order chi connectivity index (χ1) is 21.2. The zero-order valence-electron chi connectivity index (χ0n) is 24.0. The molecule has 0 radical (unpaired) electrons. The molecule has 0 aliphatic rings. The summed E-state index contributed by atoms with van der Waals surface area (Å²) in [6.45, 7) is 3.20. The third kappa shape index (κ3) is 6.82. The molecule has 0 spiro atoms. The van der Waals surface area contributed by atoms with E-state index in [1.807, 2.05) is 24.6 Å². The first kappa shape index (κ1) is 30.9. The smallest absolute Gasteiger partial charge is 0.326 e. The minimum absolute atomic E-state index is 0.0413. The molecule has 3 aromatic carbocycles. The van der Waals surface area contributed by atoms with Crippen molar-refractivity contribution in [2.24, 2.45) is 0 Å². The van der Waals surface area contributed by atoms with Crippen molar-refractivity contribution in [1.29, 1.82) is 5.26 Å². The second-order valence-electron chi connectivity index (χ2n) is 10.4. The van der Waals surface area contributed by atoms with Crippen LogP contribution in [-0.2, 0) is 24.6 Å². The van der Waals surface area contributed by atoms with Gasteiger partial charge in [0, 0.05) is 36.1 Å². The Labute approximate surface area is 263 Å². The van der Waals surface area contributed by atoms with Crippen molar-refractivity contribution >= 4 is 39.1 Å². The van der Waals surface area contributed by atoms with E-state index in [1.165, 1.54) is 13.1 Å². The first-order valence-corrected chi connectivity index (χ1v) is 14.9. The van der Waals surface area contributed by atoms with Crippen LogP contribution in [-0.4, -0.2) is 38.3 Å². The van der Waals surface area contributed by atoms with Crippen LogP contribution >= 0.6 is 22.9 Å². The van der Waals surface area contributed by atoms with Crippen LogP contribution < -0.4 is 14.8 Å². The third-order valence-corrected chi connectivity index (χ3v) is 8.47. The molecular formula is C33H29ClN4O5S. The Morgan fingerprint density at radius 3 is 2.68 bits per heavy atom. The summed E-state index contributed by atoms with van der Waals surface area (Å²) < 4.78 is 13.5. The van der Waals surface area contributed by atoms with E-state index in [0.29, 0.717) is 33.2 Å². The molecule has 44 heavy (non-hydrogen) atoms. The molecule has 3 N–H and O–H groups in total. The molecule has 5 rings (SSSR count). The fourth-order valence-electron chi connectivity index (χ4n) is 4.57. The molecule has 0 fully saturated rings. The number of pyridine rings is 1. The molecule has 2 heterocycles. The van der Waals surface area contributed by atoms with Crippen LogP contribution in [0.15, 0.2) is 72.5 Å². The number of nitriles is 1. The van der Waals surface area contributed by atoms with Gasteiger partial charge in [0.25, 0.3) is 0 Å². The molecule has 9 nitrogen and oxygen atoms in total. The minimum atomic E-state index is -1.57. The monoisotopic (exact) mass is 628 g/mol. The molecule has 0 saturated carbocycles. The van der Waals surface area contributed by atoms with Gasteiger partial charge in [-0.2, -0.15) is 5.26 Å². The predicted molar refractivity (Wildman–Crippen MR) is 169 cm³/mol. The maximum atomic E-state index is 11.7. The molecule has 0 amide bonds. The number of aromatic nitrogens is 2. The highest BCUT2D eigenvalue weighted by Crippen LogP contribution is 2.35. The molecule has 2 aromatic heterocycles. The Morgan fingerprint density at radius 2 is 1.91 bits per heavy atom. The van der Waals surface area contributed by atoms with Crippen molar-refractivity contribution in [1.82, 2.24) is 15.3 Å². The van der Waals surface area contributed by atoms with Crippen LogP contribution in [0.2, 0.25) is 5.02 Å². The van der Waals surface area contributed by atoms with Crippen molar-refractivity contribution in [3.8, 4) is 28.7 Å². The van der Waals surface area contributed by atoms with Gasteiger partial charge >= 0.3 is 5.97 Å². The van der Waals surface area contributed by atoms with Gasteiger partial charge in [0.1, 0.15) is 36.3 Å². The van der Waals surface area contributed by atoms with Crippen LogP contribution in [0.4, 0.5) is 0 Å². The van der Waals surface area contributed by atoms with Gasteiger partial charge in [-0.3, -0.25) is 15.1 Å². The van der Waals surface area contributed by atoms with E-state index >= 15 is 0 Å². The Hall–Kier alpha value is -4.53. The van der Waals surface area contributed by atoms with Gasteiger partial charge in [0.2, 0.25) is 0 Å². The standard InChI is InChI=1S/C33H29ClN4O5S/c1-20-24(4-3-5-26(20)23-6-7-31-28(10-23)37-19-44-31)17-43-30-11-29(42-16-22-8-21(12-35)13-36-14-22)25(9-27(30)34)15-38-33(2,18-39)32(40)41/h3-11,13-14,19,38-39H,15-18H2,1-2H3,(H,40,41)/t33-/m1/s1. The SMILES string of the molecule is Cc1c(COc2cc(OCc3cncc(C#N)c3)c(CN[C@](C)(CO)C(=O)O)cc2Cl)cccc1-c1ccc2scnc2c1. The van der Waals surface area contributed by atoms with Crippen LogP contribution in [0.3, 0.4) is 0 Å². The second kappa shape index (κ2) is 13.4. The molecule has 224 valence electrons. The Kier molecular flexibility index (Phi) is 9.42. The summed E-state index contributed by atoms with van der Waals surface area (Å²) in [4.78, 5) is 20.2. The number of carboxylic acids is 1. The van der Waals surface area contributed by atoms with Crippen molar-refractivity contribution < 1.29 is 24.5 Å². The number of fused-ring (bicyclic) bond motifs is 1. The van der Waals surface area contributed by atoms with E-state index in [4.69, 9.17) is 21.1 Å². The summed E-state index contributed by atoms with van der Waals surface area (Å²) in [5.74, 6) is -0.421. The number of aliphatic hydroxyl groups is 1. The van der Waals surface area contributed by atoms with Gasteiger partial charge in [-0.25, -0.2) is 4.98 Å². The number of carboxylic acid groups (broad SMARTS) is 1. The maximum Gasteiger partial charge on any atom is 0.326 e. The lowest BCUT2D eigenvalue weighted by Crippen LogP contribution is -2.52. The normalized spacial score (nSPS) is 12.4. The molecule has 0 saturated heterocycles. The number of hydrogen-bond acceptors (Lipinski definition) is 9. The number of thiazole rings is 1. The summed E-state index contributed by atoms with van der Waals surface area (Å²) in [6, 6.07) is 19.4. The number of nitrogens with one attached hydrogen (secondary N) is 1. The highest BCUT2D eigenvalue weighted by Gasteiger charge is 2.32. The van der Waals surface area contributed by atoms with E-state index in [0.717, 1.165) is 32.5 Å². The minimum Gasteiger partial charge on any atom is -0.488 e. The number of aliphatic carboxylic acids is 1. The largest absolute Gasteiger partial charge is 0.488 e. The quantitative estimate of drug-likeness (QED) is 0.146. The molecule has 5 aromatic rings. The lowest BCUT2D eigenvalue weighted by atomic mass is 9.96. The van der Waals surface area contributed by atoms with Gasteiger partial charge < -0.3 is 19.7 Å². The number of halogens is 1. The molecule has 0 unspecified atom stereocenters. The fourth-order valence-corrected chi connectivity index (χ4v) is 5.47. The van der Waals surface area contributed by atoms with Crippen molar-refractivity contribution in [2.45, 2.75) is 39.1 Å². The number of benzene rings is 3. The van der Waals surface area contributed by atoms with Gasteiger partial charge in [0.15, 0.2) is 0 Å². The van der Waals surface area contributed by atoms with Crippen LogP contribution in [0.25, 0.3) is 21.3 Å². The summed E-state index contributed by atoms with van der Waals surface area (Å²) in [6.07, 6.45) is 3.06. The van der Waals surface area contributed by atoms with E-state index < -0.39 is 18.1 Å². The third-order valence-electron chi connectivity index (χ3n) is 7.36. The molecular weight excluding hydrogens is 600 g/mol. The van der Waals surface area contributed by atoms with Gasteiger partial charge in [-0.05, 0) is 60.4 Å². The van der Waals surface area contributed by atoms with Gasteiger partial charge in [0.05, 0.1) is 32.9 Å². The van der Waals surface area contributed by atoms with Crippen molar-refractivity contribution in [3.05, 3.63) is 105 Å². The summed E-state index contributed by atoms with van der Waals surface area (Å²) in [5.41, 5.74) is 7.05. The van der Waals surface area contributed by atoms with Gasteiger partial charge in [-0.1, -0.05) is 35.9 Å². The number of nitrogens with zero attached hydrogens (tertiary/aromatic N) is 3. The van der Waals surface area contributed by atoms with E-state index in [2.05, 4.69) is 45.6 Å². The molecule has 1 atom stereocenters. The fraction of sp³-hybridized carbons (Fsp3) is 0.212. The molecule has 0 aliphatic heterocycles. The average Bonchev–Trinajstić information content (AvgIpc) is 3.51. The summed E-state index contributed by atoms with van der Waals surface area (Å²) in [7, 11) is 0. The van der Waals surface area contributed by atoms with Crippen molar-refractivity contribution in [2.75, 3.05) is 6.61 Å². The highest BCUT2D eigenvalue weighted by molar-refractivity contribution is 7.16. The number of aliphatic hydroxyl groups excluding tert-OH is 1. The Morgan fingerprint density at radius 1 is 1.09 bits per heavy atom. The summed E-state index contributed by atoms with van der Waals surface area (Å²) >= 11 is 8.26. The van der Waals surface area contributed by atoms with Gasteiger partial charge in [-0.15, -0.1) is 11.3 Å². The zero-order valence-corrected chi connectivity index (χ0v) is 25.6. The van der Waals surface area contributed by atoms with Crippen LogP contribution in [0.5, 0.6) is 11.5 Å². The maximum absolute atomic E-state index is 11.7. The predicted octanol–water partition coefficient (Wildman–Crippen LogP) is 6.28. The number of ether oxygens (including phenoxy) is 2. The first-order valence-electron chi connectivity index (χ1n) is 13.6. The van der Waals surface area contributed by atoms with E-state index in [1.54, 1.807) is 35.7 Å². The topological polar surface area (TPSA) is 138 Å². The van der Waals surface area contributed by atoms with Crippen molar-refractivity contribution in [3.63, 3.8) is 0 Å². The van der Waals surface area contributed by atoms with Crippen LogP contribution in [0, 0.1) is 18.3 Å². The second-order valence-corrected chi connectivity index (χ2v) is 11.7. The average molecular weight is 629 g/mol. The molecule has 11 heteroatoms. The molecule has 0 bridgehead atoms. The molecule has 0 aliphatic carbocycles. The number of carbonyl (C=O) groups is 1. The summed E-state index contributed by atoms with van der Waals surface area (Å²) in [5, 5.41) is 31.7. The number of rotatable bonds is 12. The van der Waals surface area contributed by atoms with Crippen LogP contribution in [0.1, 0.15) is 34.7 Å². The lowest BCUT2D eigenvalue weighted by molar-refractivity contribution is -0.145. The lowest BCUT2D eigenvalue weighted by Gasteiger charge is -2.25. The Balaban J connectivity index is 1.40. The van der Waals surface area contributed by atoms with E-state index in [9.17, 15) is 20.3 Å². The highest BCUT2D eigenvalue weighted by atomic mass is 35.5. The van der Waals surface area contributed by atoms with E-state index in [-0.39, 0.29) is 19.8 Å². The number of hydrogen-bond donors (Lipinski definition) is 3. The zero-order chi connectivity index (χ0) is 31.3. The Bertz CT molecular complexity index is 1870.